The van der Waals surface area contributed by atoms with E-state index in [-0.39, 0.29) is 11.9 Å². The topological polar surface area (TPSA) is 49.0 Å². The Balaban J connectivity index is 1.48. The minimum absolute atomic E-state index is 0.0373. The van der Waals surface area contributed by atoms with Crippen LogP contribution in [0.15, 0.2) is 54.6 Å². The van der Waals surface area contributed by atoms with Gasteiger partial charge < -0.3 is 15.5 Å². The lowest BCUT2D eigenvalue weighted by atomic mass is 10.1. The molecule has 2 aromatic carbocycles. The van der Waals surface area contributed by atoms with Crippen molar-refractivity contribution >= 4 is 17.3 Å². The van der Waals surface area contributed by atoms with E-state index in [1.54, 1.807) is 0 Å². The normalized spacial score (nSPS) is 16.0. The first-order valence-corrected chi connectivity index (χ1v) is 9.75. The van der Waals surface area contributed by atoms with E-state index in [0.29, 0.717) is 6.54 Å². The number of nitrogens with two attached hydrogens (primary N) is 1. The summed E-state index contributed by atoms with van der Waals surface area (Å²) in [5.41, 5.74) is 3.37. The minimum atomic E-state index is 0.0373. The summed E-state index contributed by atoms with van der Waals surface area (Å²) in [5.74, 6) is 0.0373. The van der Waals surface area contributed by atoms with Gasteiger partial charge in [0, 0.05) is 30.0 Å². The van der Waals surface area contributed by atoms with Crippen molar-refractivity contribution in [1.82, 2.24) is 0 Å². The maximum Gasteiger partial charge on any atom is 0.279 e. The van der Waals surface area contributed by atoms with E-state index >= 15 is 0 Å². The van der Waals surface area contributed by atoms with Crippen molar-refractivity contribution in [2.75, 3.05) is 29.9 Å². The fraction of sp³-hybridized carbons (Fsp3) is 0.409. The van der Waals surface area contributed by atoms with E-state index in [1.807, 2.05) is 30.3 Å². The molecular weight excluding hydrogens is 322 g/mol. The quantitative estimate of drug-likeness (QED) is 0.838. The van der Waals surface area contributed by atoms with Crippen molar-refractivity contribution in [3.8, 4) is 0 Å². The SMILES string of the molecule is C[C@H]([NH2+]CC(=O)Nc1ccc(N2CCCCCC2)cc1)c1ccccc1. The van der Waals surface area contributed by atoms with Gasteiger partial charge in [0.25, 0.3) is 5.91 Å². The summed E-state index contributed by atoms with van der Waals surface area (Å²) in [4.78, 5) is 14.7. The fourth-order valence-electron chi connectivity index (χ4n) is 3.47. The predicted octanol–water partition coefficient (Wildman–Crippen LogP) is 3.33. The number of benzene rings is 2. The molecule has 4 heteroatoms. The summed E-state index contributed by atoms with van der Waals surface area (Å²) in [7, 11) is 0. The van der Waals surface area contributed by atoms with Gasteiger partial charge in [0.15, 0.2) is 6.54 Å². The molecule has 0 radical (unpaired) electrons. The summed E-state index contributed by atoms with van der Waals surface area (Å²) in [6, 6.07) is 18.8. The lowest BCUT2D eigenvalue weighted by molar-refractivity contribution is -0.682. The Kier molecular flexibility index (Phi) is 6.67. The zero-order valence-corrected chi connectivity index (χ0v) is 15.7. The van der Waals surface area contributed by atoms with Crippen LogP contribution >= 0.6 is 0 Å². The number of carbonyl (C=O) groups is 1. The molecule has 1 atom stereocenters. The van der Waals surface area contributed by atoms with Gasteiger partial charge >= 0.3 is 0 Å². The fourth-order valence-corrected chi connectivity index (χ4v) is 3.47. The highest BCUT2D eigenvalue weighted by molar-refractivity contribution is 5.91. The molecule has 1 heterocycles. The standard InChI is InChI=1S/C22H29N3O/c1-18(19-9-5-4-6-10-19)23-17-22(26)24-20-11-13-21(14-12-20)25-15-7-2-3-8-16-25/h4-6,9-14,18,23H,2-3,7-8,15-17H2,1H3,(H,24,26)/p+1/t18-/m0/s1. The van der Waals surface area contributed by atoms with E-state index in [9.17, 15) is 4.79 Å². The largest absolute Gasteiger partial charge is 0.372 e. The van der Waals surface area contributed by atoms with Crippen molar-refractivity contribution in [1.29, 1.82) is 0 Å². The molecule has 4 nitrogen and oxygen atoms in total. The molecule has 1 saturated heterocycles. The molecule has 0 unspecified atom stereocenters. The zero-order valence-electron chi connectivity index (χ0n) is 15.7. The van der Waals surface area contributed by atoms with Gasteiger partial charge in [-0.2, -0.15) is 0 Å². The van der Waals surface area contributed by atoms with Gasteiger partial charge in [-0.05, 0) is 44.0 Å². The van der Waals surface area contributed by atoms with Crippen LogP contribution in [0.3, 0.4) is 0 Å². The molecule has 1 aliphatic rings. The zero-order chi connectivity index (χ0) is 18.2. The van der Waals surface area contributed by atoms with Crippen LogP contribution in [0.2, 0.25) is 0 Å². The van der Waals surface area contributed by atoms with Crippen LogP contribution in [0.1, 0.15) is 44.2 Å². The highest BCUT2D eigenvalue weighted by atomic mass is 16.1. The van der Waals surface area contributed by atoms with Crippen LogP contribution in [0.25, 0.3) is 0 Å². The maximum absolute atomic E-state index is 12.2. The summed E-state index contributed by atoms with van der Waals surface area (Å²) in [6.45, 7) is 4.82. The highest BCUT2D eigenvalue weighted by Gasteiger charge is 2.12. The van der Waals surface area contributed by atoms with Crippen molar-refractivity contribution in [2.45, 2.75) is 38.6 Å². The molecule has 0 spiro atoms. The molecule has 3 rings (SSSR count). The van der Waals surface area contributed by atoms with Crippen molar-refractivity contribution < 1.29 is 10.1 Å². The Bertz CT molecular complexity index is 676. The van der Waals surface area contributed by atoms with Crippen molar-refractivity contribution in [3.05, 3.63) is 60.2 Å². The predicted molar refractivity (Wildman–Crippen MR) is 107 cm³/mol. The molecule has 0 aromatic heterocycles. The van der Waals surface area contributed by atoms with E-state index < -0.39 is 0 Å². The minimum Gasteiger partial charge on any atom is -0.372 e. The van der Waals surface area contributed by atoms with Crippen molar-refractivity contribution in [3.63, 3.8) is 0 Å². The molecule has 2 aromatic rings. The van der Waals surface area contributed by atoms with E-state index in [0.717, 1.165) is 18.8 Å². The number of nitrogens with zero attached hydrogens (tertiary/aromatic N) is 1. The maximum atomic E-state index is 12.2. The second-order valence-electron chi connectivity index (χ2n) is 7.14. The highest BCUT2D eigenvalue weighted by Crippen LogP contribution is 2.21. The Labute approximate surface area is 156 Å². The van der Waals surface area contributed by atoms with Gasteiger partial charge in [0.2, 0.25) is 0 Å². The molecule has 1 aliphatic heterocycles. The molecule has 26 heavy (non-hydrogen) atoms. The first-order valence-electron chi connectivity index (χ1n) is 9.75. The summed E-state index contributed by atoms with van der Waals surface area (Å²) in [5, 5.41) is 5.07. The number of hydrogen-bond donors (Lipinski definition) is 2. The molecule has 3 N–H and O–H groups in total. The molecule has 0 saturated carbocycles. The molecule has 0 aliphatic carbocycles. The average Bonchev–Trinajstić information content (AvgIpc) is 2.97. The Morgan fingerprint density at radius 1 is 1.00 bits per heavy atom. The van der Waals surface area contributed by atoms with E-state index in [1.165, 1.54) is 36.9 Å². The Morgan fingerprint density at radius 2 is 1.65 bits per heavy atom. The van der Waals surface area contributed by atoms with Gasteiger partial charge in [-0.1, -0.05) is 43.2 Å². The number of anilines is 2. The second kappa shape index (κ2) is 9.39. The number of quaternary nitrogens is 1. The van der Waals surface area contributed by atoms with Crippen LogP contribution in [-0.2, 0) is 4.79 Å². The smallest absolute Gasteiger partial charge is 0.279 e. The molecule has 0 bridgehead atoms. The van der Waals surface area contributed by atoms with Crippen LogP contribution in [0.5, 0.6) is 0 Å². The summed E-state index contributed by atoms with van der Waals surface area (Å²) < 4.78 is 0. The summed E-state index contributed by atoms with van der Waals surface area (Å²) >= 11 is 0. The molecule has 138 valence electrons. The first kappa shape index (κ1) is 18.5. The number of nitrogens with one attached hydrogen (secondary N) is 1. The Hall–Kier alpha value is -2.33. The molecule has 1 fully saturated rings. The number of hydrogen-bond acceptors (Lipinski definition) is 2. The summed E-state index contributed by atoms with van der Waals surface area (Å²) in [6.07, 6.45) is 5.22. The third-order valence-corrected chi connectivity index (χ3v) is 5.10. The second-order valence-corrected chi connectivity index (χ2v) is 7.14. The van der Waals surface area contributed by atoms with Gasteiger partial charge in [-0.25, -0.2) is 0 Å². The lowest BCUT2D eigenvalue weighted by Crippen LogP contribution is -2.86. The molecular formula is C22H30N3O+. The lowest BCUT2D eigenvalue weighted by Gasteiger charge is -2.22. The monoisotopic (exact) mass is 352 g/mol. The first-order chi connectivity index (χ1) is 12.7. The van der Waals surface area contributed by atoms with Gasteiger partial charge in [-0.15, -0.1) is 0 Å². The van der Waals surface area contributed by atoms with Gasteiger partial charge in [-0.3, -0.25) is 4.79 Å². The number of carbonyl (C=O) groups excluding carboxylic acids is 1. The Morgan fingerprint density at radius 3 is 2.31 bits per heavy atom. The van der Waals surface area contributed by atoms with Crippen LogP contribution in [0.4, 0.5) is 11.4 Å². The third kappa shape index (κ3) is 5.33. The third-order valence-electron chi connectivity index (χ3n) is 5.10. The van der Waals surface area contributed by atoms with Crippen LogP contribution in [-0.4, -0.2) is 25.5 Å². The van der Waals surface area contributed by atoms with Crippen molar-refractivity contribution in [2.24, 2.45) is 0 Å². The average molecular weight is 353 g/mol. The van der Waals surface area contributed by atoms with E-state index in [2.05, 4.69) is 46.7 Å². The van der Waals surface area contributed by atoms with Gasteiger partial charge in [0.05, 0.1) is 0 Å². The van der Waals surface area contributed by atoms with Gasteiger partial charge in [0.1, 0.15) is 6.04 Å². The van der Waals surface area contributed by atoms with Crippen LogP contribution < -0.4 is 15.5 Å². The molecule has 1 amide bonds. The van der Waals surface area contributed by atoms with Crippen LogP contribution in [0, 0.1) is 0 Å². The number of amides is 1. The van der Waals surface area contributed by atoms with E-state index in [4.69, 9.17) is 0 Å². The number of rotatable bonds is 6.